The van der Waals surface area contributed by atoms with Crippen LogP contribution in [-0.2, 0) is 4.79 Å². The molecular formula is C25H28N6O. The first kappa shape index (κ1) is 21.5. The standard InChI is InChI=1S/C25H28N6O/c1-31-25(32)22(23(26)28-19-13-6-3-7-14-19)24(29-20-15-8-16-21(20)30-31)27-17-9-12-18-10-4-2-5-11-18/h2-7,10-11,13-14,20-21,27,29-30H,8,15-17H2,1H3,(H2,26,28)/b24-22-/t20-,21+/m0/s1. The lowest BCUT2D eigenvalue weighted by atomic mass is 10.1. The van der Waals surface area contributed by atoms with Crippen LogP contribution in [0.1, 0.15) is 24.8 Å². The zero-order valence-electron chi connectivity index (χ0n) is 18.1. The second-order valence-electron chi connectivity index (χ2n) is 7.89. The largest absolute Gasteiger partial charge is 0.383 e. The summed E-state index contributed by atoms with van der Waals surface area (Å²) in [6.07, 6.45) is 3.09. The number of hydrazine groups is 1. The number of rotatable bonds is 4. The molecule has 1 amide bonds. The molecule has 164 valence electrons. The minimum atomic E-state index is -0.251. The molecule has 1 saturated carbocycles. The van der Waals surface area contributed by atoms with E-state index in [2.05, 4.69) is 32.9 Å². The smallest absolute Gasteiger partial charge is 0.275 e. The molecule has 1 aliphatic heterocycles. The molecule has 2 atom stereocenters. The van der Waals surface area contributed by atoms with Gasteiger partial charge in [-0.3, -0.25) is 9.80 Å². The Morgan fingerprint density at radius 1 is 1.12 bits per heavy atom. The first-order chi connectivity index (χ1) is 15.6. The van der Waals surface area contributed by atoms with E-state index in [1.807, 2.05) is 60.7 Å². The van der Waals surface area contributed by atoms with E-state index in [1.165, 1.54) is 5.01 Å². The van der Waals surface area contributed by atoms with Gasteiger partial charge in [0.25, 0.3) is 5.91 Å². The Hall–Kier alpha value is -3.76. The van der Waals surface area contributed by atoms with Gasteiger partial charge in [-0.25, -0.2) is 10.4 Å². The average Bonchev–Trinajstić information content (AvgIpc) is 3.23. The molecule has 1 fully saturated rings. The highest BCUT2D eigenvalue weighted by Crippen LogP contribution is 2.23. The van der Waals surface area contributed by atoms with E-state index in [-0.39, 0.29) is 23.8 Å². The molecule has 0 aromatic heterocycles. The summed E-state index contributed by atoms with van der Waals surface area (Å²) in [6, 6.07) is 19.5. The molecule has 5 N–H and O–H groups in total. The van der Waals surface area contributed by atoms with E-state index >= 15 is 0 Å². The van der Waals surface area contributed by atoms with E-state index in [1.54, 1.807) is 7.05 Å². The van der Waals surface area contributed by atoms with Crippen molar-refractivity contribution in [2.24, 2.45) is 10.7 Å². The van der Waals surface area contributed by atoms with Crippen molar-refractivity contribution in [3.8, 4) is 11.8 Å². The zero-order chi connectivity index (χ0) is 22.3. The highest BCUT2D eigenvalue weighted by Gasteiger charge is 2.35. The maximum Gasteiger partial charge on any atom is 0.275 e. The number of hydrogen-bond donors (Lipinski definition) is 4. The molecule has 0 bridgehead atoms. The van der Waals surface area contributed by atoms with Crippen molar-refractivity contribution in [2.75, 3.05) is 13.6 Å². The van der Waals surface area contributed by atoms with Crippen LogP contribution in [-0.4, -0.2) is 42.4 Å². The van der Waals surface area contributed by atoms with Crippen LogP contribution in [0.2, 0.25) is 0 Å². The number of nitrogens with zero attached hydrogens (tertiary/aromatic N) is 2. The number of benzene rings is 2. The Labute approximate surface area is 188 Å². The van der Waals surface area contributed by atoms with Crippen LogP contribution in [0.4, 0.5) is 5.69 Å². The van der Waals surface area contributed by atoms with Crippen LogP contribution in [0.3, 0.4) is 0 Å². The molecule has 0 radical (unpaired) electrons. The molecular weight excluding hydrogens is 400 g/mol. The number of nitrogens with one attached hydrogen (secondary N) is 3. The molecule has 0 unspecified atom stereocenters. The highest BCUT2D eigenvalue weighted by atomic mass is 16.2. The number of nitrogens with two attached hydrogens (primary N) is 1. The van der Waals surface area contributed by atoms with E-state index in [0.29, 0.717) is 23.6 Å². The number of carbonyl (C=O) groups is 1. The Bertz CT molecular complexity index is 1070. The molecule has 0 saturated heterocycles. The normalized spacial score (nSPS) is 23.3. The van der Waals surface area contributed by atoms with Crippen molar-refractivity contribution < 1.29 is 4.79 Å². The van der Waals surface area contributed by atoms with Gasteiger partial charge in [0.05, 0.1) is 12.2 Å². The van der Waals surface area contributed by atoms with E-state index in [0.717, 1.165) is 24.8 Å². The monoisotopic (exact) mass is 428 g/mol. The van der Waals surface area contributed by atoms with Crippen molar-refractivity contribution in [3.63, 3.8) is 0 Å². The molecule has 1 aliphatic carbocycles. The van der Waals surface area contributed by atoms with Gasteiger partial charge in [-0.05, 0) is 43.5 Å². The maximum absolute atomic E-state index is 13.3. The number of aliphatic imine (C=N–C) groups is 1. The molecule has 4 rings (SSSR count). The van der Waals surface area contributed by atoms with Crippen molar-refractivity contribution in [3.05, 3.63) is 77.6 Å². The molecule has 1 heterocycles. The third-order valence-corrected chi connectivity index (χ3v) is 5.60. The molecule has 0 spiro atoms. The lowest BCUT2D eigenvalue weighted by Gasteiger charge is -2.33. The highest BCUT2D eigenvalue weighted by molar-refractivity contribution is 6.21. The quantitative estimate of drug-likeness (QED) is 0.340. The molecule has 32 heavy (non-hydrogen) atoms. The van der Waals surface area contributed by atoms with Crippen molar-refractivity contribution in [1.82, 2.24) is 21.1 Å². The van der Waals surface area contributed by atoms with Gasteiger partial charge in [0.1, 0.15) is 17.2 Å². The average molecular weight is 429 g/mol. The number of amidine groups is 1. The minimum absolute atomic E-state index is 0.150. The van der Waals surface area contributed by atoms with Crippen molar-refractivity contribution in [1.29, 1.82) is 0 Å². The third-order valence-electron chi connectivity index (χ3n) is 5.60. The zero-order valence-corrected chi connectivity index (χ0v) is 18.1. The summed E-state index contributed by atoms with van der Waals surface area (Å²) >= 11 is 0. The third kappa shape index (κ3) is 5.10. The molecule has 7 heteroatoms. The number of likely N-dealkylation sites (N-methyl/N-ethyl adjacent to an activating group) is 1. The molecule has 2 aromatic rings. The SMILES string of the molecule is CN1N[C@@H]2CCC[C@@H]2N/C(NCC#Cc2ccccc2)=C(/C(N)=Nc2ccccc2)C1=O. The van der Waals surface area contributed by atoms with Crippen molar-refractivity contribution in [2.45, 2.75) is 31.3 Å². The van der Waals surface area contributed by atoms with Gasteiger partial charge in [0, 0.05) is 24.7 Å². The van der Waals surface area contributed by atoms with Crippen LogP contribution < -0.4 is 21.8 Å². The first-order valence-corrected chi connectivity index (χ1v) is 10.8. The Morgan fingerprint density at radius 3 is 2.56 bits per heavy atom. The first-order valence-electron chi connectivity index (χ1n) is 10.8. The van der Waals surface area contributed by atoms with Crippen LogP contribution in [0, 0.1) is 11.8 Å². The van der Waals surface area contributed by atoms with Crippen molar-refractivity contribution >= 4 is 17.4 Å². The predicted octanol–water partition coefficient (Wildman–Crippen LogP) is 2.02. The number of carbonyl (C=O) groups excluding carboxylic acids is 1. The summed E-state index contributed by atoms with van der Waals surface area (Å²) < 4.78 is 0. The van der Waals surface area contributed by atoms with Gasteiger partial charge >= 0.3 is 0 Å². The molecule has 7 nitrogen and oxygen atoms in total. The van der Waals surface area contributed by atoms with Gasteiger partial charge in [0.2, 0.25) is 0 Å². The number of amides is 1. The fraction of sp³-hybridized carbons (Fsp3) is 0.280. The van der Waals surface area contributed by atoms with Crippen LogP contribution in [0.25, 0.3) is 0 Å². The summed E-state index contributed by atoms with van der Waals surface area (Å²) in [5, 5.41) is 8.33. The van der Waals surface area contributed by atoms with E-state index in [4.69, 9.17) is 5.73 Å². The molecule has 2 aliphatic rings. The summed E-state index contributed by atoms with van der Waals surface area (Å²) in [4.78, 5) is 17.8. The second kappa shape index (κ2) is 10.0. The van der Waals surface area contributed by atoms with E-state index in [9.17, 15) is 4.79 Å². The summed E-state index contributed by atoms with van der Waals surface area (Å²) in [5.74, 6) is 6.72. The fourth-order valence-corrected chi connectivity index (χ4v) is 4.00. The maximum atomic E-state index is 13.3. The lowest BCUT2D eigenvalue weighted by molar-refractivity contribution is -0.129. The van der Waals surface area contributed by atoms with Gasteiger partial charge < -0.3 is 16.4 Å². The Morgan fingerprint density at radius 2 is 1.81 bits per heavy atom. The van der Waals surface area contributed by atoms with Gasteiger partial charge in [-0.15, -0.1) is 0 Å². The second-order valence-corrected chi connectivity index (χ2v) is 7.89. The topological polar surface area (TPSA) is 94.8 Å². The van der Waals surface area contributed by atoms with Gasteiger partial charge in [-0.1, -0.05) is 48.2 Å². The number of fused-ring (bicyclic) bond motifs is 1. The molecule has 2 aromatic carbocycles. The summed E-state index contributed by atoms with van der Waals surface area (Å²) in [5.41, 5.74) is 11.6. The Balaban J connectivity index is 1.66. The lowest BCUT2D eigenvalue weighted by Crippen LogP contribution is -2.57. The van der Waals surface area contributed by atoms with Gasteiger partial charge in [-0.2, -0.15) is 0 Å². The van der Waals surface area contributed by atoms with Crippen LogP contribution >= 0.6 is 0 Å². The van der Waals surface area contributed by atoms with E-state index < -0.39 is 0 Å². The van der Waals surface area contributed by atoms with Gasteiger partial charge in [0.15, 0.2) is 0 Å². The number of hydrogen-bond acceptors (Lipinski definition) is 5. The summed E-state index contributed by atoms with van der Waals surface area (Å²) in [7, 11) is 1.73. The summed E-state index contributed by atoms with van der Waals surface area (Å²) in [6.45, 7) is 0.362. The Kier molecular flexibility index (Phi) is 6.73. The fourth-order valence-electron chi connectivity index (χ4n) is 4.00. The number of para-hydroxylation sites is 1. The minimum Gasteiger partial charge on any atom is -0.383 e. The van der Waals surface area contributed by atoms with Crippen LogP contribution in [0.15, 0.2) is 77.1 Å². The predicted molar refractivity (Wildman–Crippen MR) is 127 cm³/mol. The van der Waals surface area contributed by atoms with Crippen LogP contribution in [0.5, 0.6) is 0 Å².